The number of hydrogen-bond acceptors (Lipinski definition) is 5. The van der Waals surface area contributed by atoms with Crippen LogP contribution in [0.3, 0.4) is 0 Å². The molecule has 3 heterocycles. The maximum Gasteiger partial charge on any atom is 0.203 e. The molecular formula is C20H19N5O2. The highest BCUT2D eigenvalue weighted by Crippen LogP contribution is 2.20. The van der Waals surface area contributed by atoms with Crippen LogP contribution in [0.1, 0.15) is 18.2 Å². The molecule has 0 aliphatic carbocycles. The Kier molecular flexibility index (Phi) is 4.42. The second-order valence-electron chi connectivity index (χ2n) is 6.25. The zero-order valence-electron chi connectivity index (χ0n) is 15.2. The maximum absolute atomic E-state index is 12.3. The number of fused-ring (bicyclic) bond motifs is 1. The lowest BCUT2D eigenvalue weighted by Crippen LogP contribution is -2.16. The van der Waals surface area contributed by atoms with Crippen molar-refractivity contribution >= 4 is 10.9 Å². The highest BCUT2D eigenvalue weighted by molar-refractivity contribution is 5.80. The molecule has 0 aliphatic rings. The number of rotatable bonds is 5. The summed E-state index contributed by atoms with van der Waals surface area (Å²) in [7, 11) is 1.84. The quantitative estimate of drug-likeness (QED) is 0.546. The van der Waals surface area contributed by atoms with Gasteiger partial charge in [-0.25, -0.2) is 4.68 Å². The first-order valence-electron chi connectivity index (χ1n) is 8.72. The van der Waals surface area contributed by atoms with E-state index in [9.17, 15) is 4.79 Å². The maximum atomic E-state index is 12.3. The fourth-order valence-corrected chi connectivity index (χ4v) is 2.95. The first kappa shape index (κ1) is 17.0. The van der Waals surface area contributed by atoms with E-state index < -0.39 is 0 Å². The first-order chi connectivity index (χ1) is 13.1. The minimum Gasteiger partial charge on any atom is -0.492 e. The Morgan fingerprint density at radius 3 is 2.81 bits per heavy atom. The fraction of sp³-hybridized carbons (Fsp3) is 0.200. The summed E-state index contributed by atoms with van der Waals surface area (Å²) < 4.78 is 8.88. The Hall–Kier alpha value is -3.48. The van der Waals surface area contributed by atoms with E-state index in [4.69, 9.17) is 4.74 Å². The van der Waals surface area contributed by atoms with Gasteiger partial charge >= 0.3 is 0 Å². The lowest BCUT2D eigenvalue weighted by Gasteiger charge is -2.07. The predicted octanol–water partition coefficient (Wildman–Crippen LogP) is 2.50. The van der Waals surface area contributed by atoms with E-state index in [1.165, 1.54) is 6.07 Å². The fourth-order valence-electron chi connectivity index (χ4n) is 2.95. The van der Waals surface area contributed by atoms with Crippen LogP contribution >= 0.6 is 0 Å². The summed E-state index contributed by atoms with van der Waals surface area (Å²) >= 11 is 0. The minimum absolute atomic E-state index is 0.0866. The number of ether oxygens (including phenoxy) is 1. The van der Waals surface area contributed by atoms with E-state index in [0.29, 0.717) is 18.7 Å². The number of nitrogens with zero attached hydrogens (tertiary/aromatic N) is 5. The van der Waals surface area contributed by atoms with Crippen LogP contribution in [0.25, 0.3) is 16.6 Å². The lowest BCUT2D eigenvalue weighted by atomic mass is 10.1. The van der Waals surface area contributed by atoms with Gasteiger partial charge in [0, 0.05) is 31.1 Å². The number of aromatic nitrogens is 5. The molecule has 0 saturated carbocycles. The zero-order valence-corrected chi connectivity index (χ0v) is 15.2. The molecule has 7 nitrogen and oxygen atoms in total. The molecule has 3 aromatic heterocycles. The van der Waals surface area contributed by atoms with Crippen LogP contribution in [-0.4, -0.2) is 31.2 Å². The van der Waals surface area contributed by atoms with Gasteiger partial charge in [0.2, 0.25) is 5.43 Å². The molecule has 4 aromatic rings. The van der Waals surface area contributed by atoms with E-state index in [1.807, 2.05) is 44.4 Å². The second kappa shape index (κ2) is 7.03. The van der Waals surface area contributed by atoms with Gasteiger partial charge in [0.25, 0.3) is 0 Å². The average Bonchev–Trinajstić information content (AvgIpc) is 3.10. The van der Waals surface area contributed by atoms with Gasteiger partial charge < -0.3 is 4.74 Å². The molecule has 7 heteroatoms. The zero-order chi connectivity index (χ0) is 18.8. The van der Waals surface area contributed by atoms with E-state index in [0.717, 1.165) is 27.9 Å². The van der Waals surface area contributed by atoms with E-state index in [2.05, 4.69) is 15.2 Å². The van der Waals surface area contributed by atoms with Gasteiger partial charge in [0.05, 0.1) is 30.7 Å². The van der Waals surface area contributed by atoms with Gasteiger partial charge in [0.15, 0.2) is 0 Å². The first-order valence-corrected chi connectivity index (χ1v) is 8.72. The smallest absolute Gasteiger partial charge is 0.203 e. The average molecular weight is 361 g/mol. The van der Waals surface area contributed by atoms with Crippen LogP contribution < -0.4 is 10.2 Å². The van der Waals surface area contributed by atoms with Gasteiger partial charge in [-0.3, -0.25) is 14.5 Å². The van der Waals surface area contributed by atoms with Crippen molar-refractivity contribution in [3.63, 3.8) is 0 Å². The predicted molar refractivity (Wildman–Crippen MR) is 102 cm³/mol. The molecule has 0 atom stereocenters. The Morgan fingerprint density at radius 2 is 2.04 bits per heavy atom. The van der Waals surface area contributed by atoms with E-state index >= 15 is 0 Å². The van der Waals surface area contributed by atoms with Gasteiger partial charge in [-0.15, -0.1) is 0 Å². The summed E-state index contributed by atoms with van der Waals surface area (Å²) in [6.07, 6.45) is 7.36. The molecule has 0 N–H and O–H groups in total. The summed E-state index contributed by atoms with van der Waals surface area (Å²) in [5, 5.41) is 9.61. The summed E-state index contributed by atoms with van der Waals surface area (Å²) in [5.74, 6) is 0.735. The topological polar surface area (TPSA) is 74.8 Å². The molecule has 1 aromatic carbocycles. The molecule has 0 amide bonds. The third-order valence-corrected chi connectivity index (χ3v) is 4.24. The van der Waals surface area contributed by atoms with E-state index in [1.54, 1.807) is 28.0 Å². The monoisotopic (exact) mass is 361 g/mol. The molecule has 0 spiro atoms. The molecule has 27 heavy (non-hydrogen) atoms. The third kappa shape index (κ3) is 3.57. The summed E-state index contributed by atoms with van der Waals surface area (Å²) in [5.41, 5.74) is 3.08. The Labute approximate surface area is 155 Å². The largest absolute Gasteiger partial charge is 0.492 e. The summed E-state index contributed by atoms with van der Waals surface area (Å²) in [6.45, 7) is 2.53. The van der Waals surface area contributed by atoms with Gasteiger partial charge in [-0.2, -0.15) is 10.2 Å². The van der Waals surface area contributed by atoms with Crippen LogP contribution in [0.2, 0.25) is 0 Å². The number of pyridine rings is 1. The van der Waals surface area contributed by atoms with Crippen molar-refractivity contribution in [1.29, 1.82) is 0 Å². The van der Waals surface area contributed by atoms with E-state index in [-0.39, 0.29) is 5.43 Å². The number of aryl methyl sites for hydroxylation is 1. The number of hydrogen-bond donors (Lipinski definition) is 0. The van der Waals surface area contributed by atoms with Crippen molar-refractivity contribution in [3.05, 3.63) is 76.6 Å². The molecule has 136 valence electrons. The summed E-state index contributed by atoms with van der Waals surface area (Å²) in [6, 6.07) is 9.43. The van der Waals surface area contributed by atoms with Crippen molar-refractivity contribution < 1.29 is 4.74 Å². The highest BCUT2D eigenvalue weighted by atomic mass is 16.5. The lowest BCUT2D eigenvalue weighted by molar-refractivity contribution is 0.339. The molecule has 4 rings (SSSR count). The van der Waals surface area contributed by atoms with Crippen LogP contribution in [0, 0.1) is 0 Å². The van der Waals surface area contributed by atoms with Crippen molar-refractivity contribution in [2.75, 3.05) is 6.61 Å². The van der Waals surface area contributed by atoms with Crippen molar-refractivity contribution in [3.8, 4) is 11.4 Å². The Bertz CT molecular complexity index is 1160. The Balaban J connectivity index is 1.67. The van der Waals surface area contributed by atoms with Crippen molar-refractivity contribution in [1.82, 2.24) is 24.5 Å². The van der Waals surface area contributed by atoms with Crippen molar-refractivity contribution in [2.24, 2.45) is 7.05 Å². The number of benzene rings is 1. The molecule has 0 saturated heterocycles. The van der Waals surface area contributed by atoms with Crippen LogP contribution in [0.5, 0.6) is 5.75 Å². The molecule has 0 aliphatic heterocycles. The molecular weight excluding hydrogens is 342 g/mol. The van der Waals surface area contributed by atoms with Gasteiger partial charge in [-0.05, 0) is 30.7 Å². The normalized spacial score (nSPS) is 11.0. The SMILES string of the molecule is CCOc1cnc2ccc(Cc3nn(-c4cnn(C)c4)ccc3=O)cc2c1. The van der Waals surface area contributed by atoms with Crippen LogP contribution in [0.15, 0.2) is 59.9 Å². The summed E-state index contributed by atoms with van der Waals surface area (Å²) in [4.78, 5) is 16.7. The standard InChI is InChI=1S/C20H19N5O2/c1-3-27-17-10-15-8-14(4-5-18(15)21-12-17)9-19-20(26)6-7-25(23-19)16-11-22-24(2)13-16/h4-8,10-13H,3,9H2,1-2H3. The minimum atomic E-state index is -0.0866. The third-order valence-electron chi connectivity index (χ3n) is 4.24. The van der Waals surface area contributed by atoms with Crippen LogP contribution in [-0.2, 0) is 13.5 Å². The Morgan fingerprint density at radius 1 is 1.15 bits per heavy atom. The van der Waals surface area contributed by atoms with Gasteiger partial charge in [-0.1, -0.05) is 6.07 Å². The molecule has 0 unspecified atom stereocenters. The van der Waals surface area contributed by atoms with Crippen LogP contribution in [0.4, 0.5) is 0 Å². The molecule has 0 radical (unpaired) electrons. The second-order valence-corrected chi connectivity index (χ2v) is 6.25. The highest BCUT2D eigenvalue weighted by Gasteiger charge is 2.08. The van der Waals surface area contributed by atoms with Gasteiger partial charge in [0.1, 0.15) is 17.1 Å². The molecule has 0 bridgehead atoms. The molecule has 0 fully saturated rings. The van der Waals surface area contributed by atoms with Crippen molar-refractivity contribution in [2.45, 2.75) is 13.3 Å².